The molecule has 2 amide bonds. The molecule has 2 N–H and O–H groups in total. The second-order valence-electron chi connectivity index (χ2n) is 4.92. The van der Waals surface area contributed by atoms with Gasteiger partial charge in [-0.05, 0) is 37.0 Å². The van der Waals surface area contributed by atoms with E-state index < -0.39 is 0 Å². The van der Waals surface area contributed by atoms with E-state index >= 15 is 0 Å². The van der Waals surface area contributed by atoms with Crippen molar-refractivity contribution in [1.29, 1.82) is 0 Å². The molecule has 20 heavy (non-hydrogen) atoms. The zero-order chi connectivity index (χ0) is 14.5. The second kappa shape index (κ2) is 6.81. The third-order valence-corrected chi connectivity index (χ3v) is 3.76. The van der Waals surface area contributed by atoms with Crippen LogP contribution >= 0.6 is 11.6 Å². The number of rotatable bonds is 3. The molecular formula is C14H19ClN2O3. The number of hydrogen-bond acceptors (Lipinski definition) is 3. The maximum absolute atomic E-state index is 12.2. The average molecular weight is 299 g/mol. The number of hydrogen-bond donors (Lipinski definition) is 2. The number of piperidine rings is 1. The van der Waals surface area contributed by atoms with Crippen LogP contribution in [-0.4, -0.2) is 42.8 Å². The van der Waals surface area contributed by atoms with Gasteiger partial charge in [-0.3, -0.25) is 0 Å². The van der Waals surface area contributed by atoms with Gasteiger partial charge in [-0.1, -0.05) is 11.6 Å². The fourth-order valence-corrected chi connectivity index (χ4v) is 2.60. The SMILES string of the molecule is COc1ccc(NC(=O)N2CCCC(CO)C2)cc1Cl. The first-order valence-electron chi connectivity index (χ1n) is 6.64. The predicted octanol–water partition coefficient (Wildman–Crippen LogP) is 2.58. The van der Waals surface area contributed by atoms with Crippen LogP contribution < -0.4 is 10.1 Å². The molecule has 2 rings (SSSR count). The van der Waals surface area contributed by atoms with E-state index in [1.54, 1.807) is 30.2 Å². The van der Waals surface area contributed by atoms with E-state index in [2.05, 4.69) is 5.32 Å². The molecule has 6 heteroatoms. The molecule has 1 aliphatic heterocycles. The first-order valence-corrected chi connectivity index (χ1v) is 7.02. The van der Waals surface area contributed by atoms with Crippen molar-refractivity contribution >= 4 is 23.3 Å². The Kier molecular flexibility index (Phi) is 5.09. The van der Waals surface area contributed by atoms with Crippen LogP contribution in [0.2, 0.25) is 5.02 Å². The van der Waals surface area contributed by atoms with E-state index in [1.165, 1.54) is 0 Å². The monoisotopic (exact) mass is 298 g/mol. The Bertz CT molecular complexity index is 481. The van der Waals surface area contributed by atoms with Gasteiger partial charge >= 0.3 is 6.03 Å². The molecule has 0 bridgehead atoms. The van der Waals surface area contributed by atoms with Gasteiger partial charge in [-0.25, -0.2) is 4.79 Å². The summed E-state index contributed by atoms with van der Waals surface area (Å²) in [5, 5.41) is 12.5. The molecule has 1 unspecified atom stereocenters. The van der Waals surface area contributed by atoms with Crippen molar-refractivity contribution in [1.82, 2.24) is 4.90 Å². The summed E-state index contributed by atoms with van der Waals surface area (Å²) in [5.41, 5.74) is 0.631. The van der Waals surface area contributed by atoms with E-state index in [0.717, 1.165) is 12.8 Å². The maximum atomic E-state index is 12.2. The Morgan fingerprint density at radius 1 is 1.60 bits per heavy atom. The number of nitrogens with zero attached hydrogens (tertiary/aromatic N) is 1. The van der Waals surface area contributed by atoms with Crippen molar-refractivity contribution in [3.05, 3.63) is 23.2 Å². The van der Waals surface area contributed by atoms with Gasteiger partial charge in [0, 0.05) is 25.4 Å². The largest absolute Gasteiger partial charge is 0.495 e. The number of aliphatic hydroxyl groups is 1. The molecule has 1 atom stereocenters. The number of nitrogens with one attached hydrogen (secondary N) is 1. The number of carbonyl (C=O) groups is 1. The van der Waals surface area contributed by atoms with Crippen molar-refractivity contribution in [2.45, 2.75) is 12.8 Å². The molecular weight excluding hydrogens is 280 g/mol. The quantitative estimate of drug-likeness (QED) is 0.901. The minimum atomic E-state index is -0.163. The van der Waals surface area contributed by atoms with Crippen LogP contribution in [0.3, 0.4) is 0 Å². The smallest absolute Gasteiger partial charge is 0.321 e. The molecule has 5 nitrogen and oxygen atoms in total. The topological polar surface area (TPSA) is 61.8 Å². The normalized spacial score (nSPS) is 18.8. The summed E-state index contributed by atoms with van der Waals surface area (Å²) in [6, 6.07) is 4.95. The fourth-order valence-electron chi connectivity index (χ4n) is 2.35. The van der Waals surface area contributed by atoms with Gasteiger partial charge < -0.3 is 20.1 Å². The molecule has 0 aliphatic carbocycles. The number of ether oxygens (including phenoxy) is 1. The van der Waals surface area contributed by atoms with Crippen molar-refractivity contribution in [3.63, 3.8) is 0 Å². The highest BCUT2D eigenvalue weighted by Gasteiger charge is 2.23. The molecule has 0 spiro atoms. The van der Waals surface area contributed by atoms with Crippen LogP contribution in [0.15, 0.2) is 18.2 Å². The average Bonchev–Trinajstić information content (AvgIpc) is 2.47. The van der Waals surface area contributed by atoms with Crippen molar-refractivity contribution in [2.24, 2.45) is 5.92 Å². The van der Waals surface area contributed by atoms with Crippen LogP contribution in [0, 0.1) is 5.92 Å². The molecule has 0 radical (unpaired) electrons. The number of benzene rings is 1. The lowest BCUT2D eigenvalue weighted by atomic mass is 9.99. The van der Waals surface area contributed by atoms with Gasteiger partial charge in [0.05, 0.1) is 12.1 Å². The Hall–Kier alpha value is -1.46. The third kappa shape index (κ3) is 3.55. The minimum absolute atomic E-state index is 0.123. The molecule has 1 aromatic rings. The second-order valence-corrected chi connectivity index (χ2v) is 5.32. The number of urea groups is 1. The molecule has 1 heterocycles. The molecule has 0 aromatic heterocycles. The Morgan fingerprint density at radius 2 is 2.40 bits per heavy atom. The molecule has 1 aliphatic rings. The summed E-state index contributed by atoms with van der Waals surface area (Å²) in [6.07, 6.45) is 1.89. The first kappa shape index (κ1) is 14.9. The summed E-state index contributed by atoms with van der Waals surface area (Å²) < 4.78 is 5.07. The highest BCUT2D eigenvalue weighted by Crippen LogP contribution is 2.27. The predicted molar refractivity (Wildman–Crippen MR) is 78.4 cm³/mol. The maximum Gasteiger partial charge on any atom is 0.321 e. The number of carbonyl (C=O) groups excluding carboxylic acids is 1. The zero-order valence-electron chi connectivity index (χ0n) is 11.4. The first-order chi connectivity index (χ1) is 9.63. The summed E-state index contributed by atoms with van der Waals surface area (Å²) in [6.45, 7) is 1.43. The summed E-state index contributed by atoms with van der Waals surface area (Å²) in [4.78, 5) is 13.9. The van der Waals surface area contributed by atoms with E-state index in [4.69, 9.17) is 16.3 Å². The lowest BCUT2D eigenvalue weighted by Gasteiger charge is -2.31. The van der Waals surface area contributed by atoms with E-state index in [1.807, 2.05) is 0 Å². The van der Waals surface area contributed by atoms with E-state index in [0.29, 0.717) is 29.5 Å². The fraction of sp³-hybridized carbons (Fsp3) is 0.500. The number of anilines is 1. The van der Waals surface area contributed by atoms with Crippen LogP contribution in [0.1, 0.15) is 12.8 Å². The van der Waals surface area contributed by atoms with Crippen LogP contribution in [0.25, 0.3) is 0 Å². The van der Waals surface area contributed by atoms with Gasteiger partial charge in [-0.2, -0.15) is 0 Å². The Morgan fingerprint density at radius 3 is 3.05 bits per heavy atom. The van der Waals surface area contributed by atoms with Gasteiger partial charge in [0.1, 0.15) is 5.75 Å². The molecule has 110 valence electrons. The van der Waals surface area contributed by atoms with E-state index in [9.17, 15) is 9.90 Å². The Balaban J connectivity index is 1.98. The van der Waals surface area contributed by atoms with Crippen LogP contribution in [0.4, 0.5) is 10.5 Å². The van der Waals surface area contributed by atoms with Crippen LogP contribution in [-0.2, 0) is 0 Å². The molecule has 1 fully saturated rings. The van der Waals surface area contributed by atoms with E-state index in [-0.39, 0.29) is 18.6 Å². The summed E-state index contributed by atoms with van der Waals surface area (Å²) in [5.74, 6) is 0.747. The number of halogens is 1. The number of likely N-dealkylation sites (tertiary alicyclic amines) is 1. The van der Waals surface area contributed by atoms with Gasteiger partial charge in [0.25, 0.3) is 0 Å². The highest BCUT2D eigenvalue weighted by molar-refractivity contribution is 6.32. The minimum Gasteiger partial charge on any atom is -0.495 e. The number of methoxy groups -OCH3 is 1. The van der Waals surface area contributed by atoms with Crippen molar-refractivity contribution in [3.8, 4) is 5.75 Å². The summed E-state index contributed by atoms with van der Waals surface area (Å²) >= 11 is 6.02. The Labute approximate surface area is 123 Å². The highest BCUT2D eigenvalue weighted by atomic mass is 35.5. The molecule has 0 saturated carbocycles. The zero-order valence-corrected chi connectivity index (χ0v) is 12.2. The van der Waals surface area contributed by atoms with Gasteiger partial charge in [0.2, 0.25) is 0 Å². The molecule has 1 aromatic carbocycles. The van der Waals surface area contributed by atoms with Crippen molar-refractivity contribution in [2.75, 3.05) is 32.1 Å². The third-order valence-electron chi connectivity index (χ3n) is 3.47. The standard InChI is InChI=1S/C14H19ClN2O3/c1-20-13-5-4-11(7-12(13)15)16-14(19)17-6-2-3-10(8-17)9-18/h4-5,7,10,18H,2-3,6,8-9H2,1H3,(H,16,19). The lowest BCUT2D eigenvalue weighted by Crippen LogP contribution is -2.43. The van der Waals surface area contributed by atoms with Crippen molar-refractivity contribution < 1.29 is 14.6 Å². The van der Waals surface area contributed by atoms with Gasteiger partial charge in [-0.15, -0.1) is 0 Å². The molecule has 1 saturated heterocycles. The van der Waals surface area contributed by atoms with Crippen LogP contribution in [0.5, 0.6) is 5.75 Å². The summed E-state index contributed by atoms with van der Waals surface area (Å²) in [7, 11) is 1.54. The lowest BCUT2D eigenvalue weighted by molar-refractivity contribution is 0.136. The van der Waals surface area contributed by atoms with Gasteiger partial charge in [0.15, 0.2) is 0 Å². The number of amides is 2. The number of aliphatic hydroxyl groups excluding tert-OH is 1.